The number of aliphatic hydroxyl groups is 1. The highest BCUT2D eigenvalue weighted by molar-refractivity contribution is 5.76. The fourth-order valence-corrected chi connectivity index (χ4v) is 1.21. The van der Waals surface area contributed by atoms with Crippen molar-refractivity contribution in [2.45, 2.75) is 45.6 Å². The van der Waals surface area contributed by atoms with Crippen molar-refractivity contribution in [3.05, 3.63) is 0 Å². The molecule has 0 aliphatic heterocycles. The summed E-state index contributed by atoms with van der Waals surface area (Å²) in [5, 5.41) is 11.8. The van der Waals surface area contributed by atoms with Crippen LogP contribution in [0.1, 0.15) is 39.5 Å². The summed E-state index contributed by atoms with van der Waals surface area (Å²) in [5.74, 6) is 2.79. The second-order valence-corrected chi connectivity index (χ2v) is 4.01. The molecule has 0 aromatic rings. The van der Waals surface area contributed by atoms with Crippen molar-refractivity contribution in [3.63, 3.8) is 0 Å². The highest BCUT2D eigenvalue weighted by atomic mass is 16.3. The average Bonchev–Trinajstić information content (AvgIpc) is 2.20. The van der Waals surface area contributed by atoms with Gasteiger partial charge in [0.05, 0.1) is 12.6 Å². The molecule has 3 heteroatoms. The number of amides is 1. The standard InChI is InChI=1S/C12H21NO2/c1-4-5-6-7-8-12(15)13-11(9-14)10(2)3/h1,10-11,14H,5-9H2,2-3H3,(H,13,15). The van der Waals surface area contributed by atoms with E-state index in [0.717, 1.165) is 19.3 Å². The first-order valence-electron chi connectivity index (χ1n) is 5.45. The van der Waals surface area contributed by atoms with Crippen LogP contribution < -0.4 is 5.32 Å². The first-order valence-corrected chi connectivity index (χ1v) is 5.45. The molecule has 0 aliphatic carbocycles. The number of carbonyl (C=O) groups excluding carboxylic acids is 1. The van der Waals surface area contributed by atoms with E-state index >= 15 is 0 Å². The van der Waals surface area contributed by atoms with Crippen molar-refractivity contribution in [3.8, 4) is 12.3 Å². The van der Waals surface area contributed by atoms with E-state index in [1.807, 2.05) is 13.8 Å². The lowest BCUT2D eigenvalue weighted by molar-refractivity contribution is -0.122. The maximum absolute atomic E-state index is 11.4. The summed E-state index contributed by atoms with van der Waals surface area (Å²) < 4.78 is 0. The molecule has 1 amide bonds. The molecule has 0 spiro atoms. The Kier molecular flexibility index (Phi) is 7.75. The molecule has 0 aromatic carbocycles. The minimum Gasteiger partial charge on any atom is -0.394 e. The van der Waals surface area contributed by atoms with Gasteiger partial charge < -0.3 is 10.4 Å². The minimum absolute atomic E-state index is 0.000212. The summed E-state index contributed by atoms with van der Waals surface area (Å²) in [5.41, 5.74) is 0. The quantitative estimate of drug-likeness (QED) is 0.493. The van der Waals surface area contributed by atoms with E-state index in [9.17, 15) is 4.79 Å². The predicted octanol–water partition coefficient (Wildman–Crippen LogP) is 1.31. The largest absolute Gasteiger partial charge is 0.394 e. The lowest BCUT2D eigenvalue weighted by Gasteiger charge is -2.19. The van der Waals surface area contributed by atoms with Gasteiger partial charge in [-0.3, -0.25) is 4.79 Å². The second kappa shape index (κ2) is 8.31. The Labute approximate surface area is 92.3 Å². The van der Waals surface area contributed by atoms with Gasteiger partial charge in [0, 0.05) is 12.8 Å². The topological polar surface area (TPSA) is 49.3 Å². The number of carbonyl (C=O) groups is 1. The zero-order valence-corrected chi connectivity index (χ0v) is 9.62. The van der Waals surface area contributed by atoms with Gasteiger partial charge in [0.25, 0.3) is 0 Å². The Morgan fingerprint density at radius 3 is 2.60 bits per heavy atom. The van der Waals surface area contributed by atoms with Gasteiger partial charge in [-0.2, -0.15) is 0 Å². The molecular formula is C12H21NO2. The van der Waals surface area contributed by atoms with E-state index < -0.39 is 0 Å². The van der Waals surface area contributed by atoms with E-state index in [2.05, 4.69) is 11.2 Å². The number of unbranched alkanes of at least 4 members (excludes halogenated alkanes) is 2. The van der Waals surface area contributed by atoms with Gasteiger partial charge in [-0.1, -0.05) is 13.8 Å². The van der Waals surface area contributed by atoms with E-state index in [4.69, 9.17) is 11.5 Å². The molecule has 0 bridgehead atoms. The van der Waals surface area contributed by atoms with Gasteiger partial charge in [-0.25, -0.2) is 0 Å². The molecule has 2 N–H and O–H groups in total. The maximum atomic E-state index is 11.4. The van der Waals surface area contributed by atoms with Crippen molar-refractivity contribution in [1.29, 1.82) is 0 Å². The number of terminal acetylenes is 1. The van der Waals surface area contributed by atoms with Crippen LogP contribution in [0.25, 0.3) is 0 Å². The molecule has 0 rings (SSSR count). The van der Waals surface area contributed by atoms with E-state index in [-0.39, 0.29) is 24.5 Å². The maximum Gasteiger partial charge on any atom is 0.220 e. The lowest BCUT2D eigenvalue weighted by Crippen LogP contribution is -2.41. The number of aliphatic hydroxyl groups excluding tert-OH is 1. The Balaban J connectivity index is 3.68. The molecular weight excluding hydrogens is 190 g/mol. The van der Waals surface area contributed by atoms with Crippen LogP contribution in [0.4, 0.5) is 0 Å². The fourth-order valence-electron chi connectivity index (χ4n) is 1.21. The molecule has 1 unspecified atom stereocenters. The van der Waals surface area contributed by atoms with Gasteiger partial charge in [-0.15, -0.1) is 12.3 Å². The van der Waals surface area contributed by atoms with Crippen molar-refractivity contribution in [1.82, 2.24) is 5.32 Å². The first kappa shape index (κ1) is 14.0. The normalized spacial score (nSPS) is 12.2. The lowest BCUT2D eigenvalue weighted by atomic mass is 10.1. The van der Waals surface area contributed by atoms with E-state index in [1.165, 1.54) is 0 Å². The predicted molar refractivity (Wildman–Crippen MR) is 61.2 cm³/mol. The zero-order chi connectivity index (χ0) is 11.7. The van der Waals surface area contributed by atoms with Gasteiger partial charge in [0.2, 0.25) is 5.91 Å². The van der Waals surface area contributed by atoms with Crippen LogP contribution in [0.3, 0.4) is 0 Å². The first-order chi connectivity index (χ1) is 7.11. The molecule has 0 saturated heterocycles. The summed E-state index contributed by atoms with van der Waals surface area (Å²) >= 11 is 0. The summed E-state index contributed by atoms with van der Waals surface area (Å²) in [6.07, 6.45) is 8.01. The van der Waals surface area contributed by atoms with Crippen LogP contribution in [-0.2, 0) is 4.79 Å². The van der Waals surface area contributed by atoms with Crippen molar-refractivity contribution < 1.29 is 9.90 Å². The molecule has 1 atom stereocenters. The molecule has 0 aromatic heterocycles. The second-order valence-electron chi connectivity index (χ2n) is 4.01. The van der Waals surface area contributed by atoms with E-state index in [0.29, 0.717) is 6.42 Å². The Morgan fingerprint density at radius 1 is 1.47 bits per heavy atom. The fraction of sp³-hybridized carbons (Fsp3) is 0.750. The number of hydrogen-bond donors (Lipinski definition) is 2. The number of nitrogens with one attached hydrogen (secondary N) is 1. The highest BCUT2D eigenvalue weighted by Crippen LogP contribution is 2.03. The average molecular weight is 211 g/mol. The van der Waals surface area contributed by atoms with Crippen LogP contribution in [-0.4, -0.2) is 23.7 Å². The van der Waals surface area contributed by atoms with Crippen molar-refractivity contribution in [2.24, 2.45) is 5.92 Å². The summed E-state index contributed by atoms with van der Waals surface area (Å²) in [6.45, 7) is 3.94. The minimum atomic E-state index is -0.134. The third-order valence-electron chi connectivity index (χ3n) is 2.32. The van der Waals surface area contributed by atoms with Crippen LogP contribution in [0.2, 0.25) is 0 Å². The van der Waals surface area contributed by atoms with Gasteiger partial charge in [-0.05, 0) is 18.8 Å². The van der Waals surface area contributed by atoms with Crippen LogP contribution in [0.5, 0.6) is 0 Å². The Morgan fingerprint density at radius 2 is 2.13 bits per heavy atom. The van der Waals surface area contributed by atoms with Crippen LogP contribution in [0, 0.1) is 18.3 Å². The number of rotatable bonds is 7. The summed E-state index contributed by atoms with van der Waals surface area (Å²) in [7, 11) is 0. The zero-order valence-electron chi connectivity index (χ0n) is 9.62. The molecule has 86 valence electrons. The molecule has 0 saturated carbocycles. The van der Waals surface area contributed by atoms with Gasteiger partial charge in [0.15, 0.2) is 0 Å². The monoisotopic (exact) mass is 211 g/mol. The third-order valence-corrected chi connectivity index (χ3v) is 2.32. The van der Waals surface area contributed by atoms with Crippen LogP contribution >= 0.6 is 0 Å². The Hall–Kier alpha value is -1.01. The van der Waals surface area contributed by atoms with Crippen LogP contribution in [0.15, 0.2) is 0 Å². The molecule has 15 heavy (non-hydrogen) atoms. The summed E-state index contributed by atoms with van der Waals surface area (Å²) in [6, 6.07) is -0.134. The Bertz CT molecular complexity index is 218. The van der Waals surface area contributed by atoms with Crippen molar-refractivity contribution in [2.75, 3.05) is 6.61 Å². The van der Waals surface area contributed by atoms with Crippen molar-refractivity contribution >= 4 is 5.91 Å². The molecule has 0 aliphatic rings. The smallest absolute Gasteiger partial charge is 0.220 e. The third kappa shape index (κ3) is 6.98. The SMILES string of the molecule is C#CCCCCC(=O)NC(CO)C(C)C. The highest BCUT2D eigenvalue weighted by Gasteiger charge is 2.14. The van der Waals surface area contributed by atoms with E-state index in [1.54, 1.807) is 0 Å². The van der Waals surface area contributed by atoms with Gasteiger partial charge >= 0.3 is 0 Å². The molecule has 0 radical (unpaired) electrons. The van der Waals surface area contributed by atoms with Gasteiger partial charge in [0.1, 0.15) is 0 Å². The number of hydrogen-bond acceptors (Lipinski definition) is 2. The summed E-state index contributed by atoms with van der Waals surface area (Å²) in [4.78, 5) is 11.4. The molecule has 0 heterocycles. The molecule has 0 fully saturated rings. The molecule has 3 nitrogen and oxygen atoms in total.